The van der Waals surface area contributed by atoms with E-state index >= 15 is 0 Å². The average molecular weight is 184 g/mol. The van der Waals surface area contributed by atoms with E-state index in [0.717, 1.165) is 22.4 Å². The molecule has 0 aliphatic heterocycles. The van der Waals surface area contributed by atoms with Crippen LogP contribution in [0.5, 0.6) is 0 Å². The van der Waals surface area contributed by atoms with Gasteiger partial charge in [0.25, 0.3) is 0 Å². The Hall–Kier alpha value is -1.97. The lowest BCUT2D eigenvalue weighted by molar-refractivity contribution is 1.02. The second-order valence-corrected chi connectivity index (χ2v) is 3.21. The van der Waals surface area contributed by atoms with Gasteiger partial charge < -0.3 is 0 Å². The van der Waals surface area contributed by atoms with E-state index in [-0.39, 0.29) is 0 Å². The van der Waals surface area contributed by atoms with E-state index in [2.05, 4.69) is 15.2 Å². The molecule has 0 amide bonds. The normalized spacial score (nSPS) is 11.2. The molecule has 3 heterocycles. The van der Waals surface area contributed by atoms with Gasteiger partial charge in [-0.3, -0.25) is 9.38 Å². The summed E-state index contributed by atoms with van der Waals surface area (Å²) >= 11 is 0. The van der Waals surface area contributed by atoms with E-state index in [9.17, 15) is 0 Å². The zero-order valence-electron chi connectivity index (χ0n) is 7.68. The molecule has 14 heavy (non-hydrogen) atoms. The third-order valence-corrected chi connectivity index (χ3v) is 2.34. The fourth-order valence-corrected chi connectivity index (χ4v) is 1.67. The molecule has 3 aromatic heterocycles. The molecule has 3 aromatic rings. The lowest BCUT2D eigenvalue weighted by Gasteiger charge is -2.00. The maximum atomic E-state index is 4.11. The summed E-state index contributed by atoms with van der Waals surface area (Å²) in [7, 11) is 0. The minimum absolute atomic E-state index is 0.864. The molecular formula is C10H8N4. The summed E-state index contributed by atoms with van der Waals surface area (Å²) in [6.07, 6.45) is 3.62. The predicted molar refractivity (Wildman–Crippen MR) is 53.0 cm³/mol. The quantitative estimate of drug-likeness (QED) is 0.532. The smallest absolute Gasteiger partial charge is 0.161 e. The minimum Gasteiger partial charge on any atom is -0.278 e. The first-order valence-electron chi connectivity index (χ1n) is 4.41. The first-order valence-corrected chi connectivity index (χ1v) is 4.41. The van der Waals surface area contributed by atoms with Crippen LogP contribution in [0.4, 0.5) is 0 Å². The molecule has 0 radical (unpaired) electrons. The first-order chi connectivity index (χ1) is 6.86. The molecule has 0 N–H and O–H groups in total. The summed E-state index contributed by atoms with van der Waals surface area (Å²) in [6, 6.07) is 5.97. The molecule has 3 rings (SSSR count). The predicted octanol–water partition coefficient (Wildman–Crippen LogP) is 1.59. The van der Waals surface area contributed by atoms with Crippen molar-refractivity contribution in [3.05, 3.63) is 36.4 Å². The van der Waals surface area contributed by atoms with Crippen LogP contribution < -0.4 is 0 Å². The van der Waals surface area contributed by atoms with E-state index in [1.54, 1.807) is 6.20 Å². The number of hydrogen-bond acceptors (Lipinski definition) is 3. The lowest BCUT2D eigenvalue weighted by atomic mass is 10.2. The third-order valence-electron chi connectivity index (χ3n) is 2.34. The van der Waals surface area contributed by atoms with Crippen LogP contribution >= 0.6 is 0 Å². The van der Waals surface area contributed by atoms with Crippen molar-refractivity contribution in [1.29, 1.82) is 0 Å². The van der Waals surface area contributed by atoms with Crippen molar-refractivity contribution in [3.63, 3.8) is 0 Å². The van der Waals surface area contributed by atoms with Crippen LogP contribution in [0.1, 0.15) is 5.82 Å². The standard InChI is InChI=1S/C10H8N4/c1-7-12-13-10-3-2-8-4-5-11-6-9(8)14(7)10/h2-6H,1H3. The first kappa shape index (κ1) is 7.44. The molecule has 0 saturated carbocycles. The summed E-state index contributed by atoms with van der Waals surface area (Å²) < 4.78 is 2.00. The highest BCUT2D eigenvalue weighted by Gasteiger charge is 2.03. The zero-order chi connectivity index (χ0) is 9.54. The fraction of sp³-hybridized carbons (Fsp3) is 0.100. The van der Waals surface area contributed by atoms with Crippen LogP contribution in [0.25, 0.3) is 16.6 Å². The highest BCUT2D eigenvalue weighted by molar-refractivity contribution is 5.80. The van der Waals surface area contributed by atoms with Crippen LogP contribution in [-0.4, -0.2) is 19.6 Å². The topological polar surface area (TPSA) is 43.1 Å². The monoisotopic (exact) mass is 184 g/mol. The number of hydrogen-bond donors (Lipinski definition) is 0. The Bertz CT molecular complexity index is 612. The number of nitrogens with zero attached hydrogens (tertiary/aromatic N) is 4. The molecule has 0 atom stereocenters. The summed E-state index contributed by atoms with van der Waals surface area (Å²) in [5.41, 5.74) is 1.91. The van der Waals surface area contributed by atoms with E-state index < -0.39 is 0 Å². The van der Waals surface area contributed by atoms with Gasteiger partial charge in [0.2, 0.25) is 0 Å². The summed E-state index contributed by atoms with van der Waals surface area (Å²) in [4.78, 5) is 4.11. The second kappa shape index (κ2) is 2.51. The van der Waals surface area contributed by atoms with Gasteiger partial charge in [0.1, 0.15) is 5.82 Å². The van der Waals surface area contributed by atoms with E-state index in [0.29, 0.717) is 0 Å². The van der Waals surface area contributed by atoms with Gasteiger partial charge in [-0.2, -0.15) is 0 Å². The summed E-state index contributed by atoms with van der Waals surface area (Å²) in [6.45, 7) is 1.94. The maximum Gasteiger partial charge on any atom is 0.161 e. The van der Waals surface area contributed by atoms with Crippen molar-refractivity contribution in [3.8, 4) is 0 Å². The van der Waals surface area contributed by atoms with Crippen LogP contribution in [0.15, 0.2) is 30.6 Å². The van der Waals surface area contributed by atoms with Gasteiger partial charge in [0.05, 0.1) is 11.7 Å². The Balaban J connectivity index is 2.65. The molecule has 0 spiro atoms. The number of rotatable bonds is 0. The van der Waals surface area contributed by atoms with Gasteiger partial charge >= 0.3 is 0 Å². The largest absolute Gasteiger partial charge is 0.278 e. The van der Waals surface area contributed by atoms with Gasteiger partial charge in [0.15, 0.2) is 5.65 Å². The van der Waals surface area contributed by atoms with Crippen molar-refractivity contribution >= 4 is 16.6 Å². The Kier molecular flexibility index (Phi) is 1.33. The highest BCUT2D eigenvalue weighted by atomic mass is 15.2. The van der Waals surface area contributed by atoms with Crippen molar-refractivity contribution in [2.75, 3.05) is 0 Å². The van der Waals surface area contributed by atoms with Gasteiger partial charge in [-0.1, -0.05) is 0 Å². The molecule has 0 aliphatic rings. The molecule has 0 fully saturated rings. The number of aryl methyl sites for hydroxylation is 1. The maximum absolute atomic E-state index is 4.11. The van der Waals surface area contributed by atoms with Crippen LogP contribution in [-0.2, 0) is 0 Å². The molecule has 0 aliphatic carbocycles. The molecule has 0 aromatic carbocycles. The molecule has 4 heteroatoms. The molecule has 0 unspecified atom stereocenters. The molecule has 68 valence electrons. The van der Waals surface area contributed by atoms with Gasteiger partial charge in [-0.15, -0.1) is 10.2 Å². The van der Waals surface area contributed by atoms with Crippen molar-refractivity contribution in [1.82, 2.24) is 19.6 Å². The van der Waals surface area contributed by atoms with Crippen LogP contribution in [0.3, 0.4) is 0 Å². The van der Waals surface area contributed by atoms with E-state index in [4.69, 9.17) is 0 Å². The van der Waals surface area contributed by atoms with Gasteiger partial charge in [-0.05, 0) is 25.1 Å². The second-order valence-electron chi connectivity index (χ2n) is 3.21. The average Bonchev–Trinajstić information content (AvgIpc) is 2.61. The number of fused-ring (bicyclic) bond motifs is 3. The summed E-state index contributed by atoms with van der Waals surface area (Å²) in [5.74, 6) is 0.888. The van der Waals surface area contributed by atoms with Crippen LogP contribution in [0, 0.1) is 6.92 Å². The van der Waals surface area contributed by atoms with E-state index in [1.807, 2.05) is 35.7 Å². The fourth-order valence-electron chi connectivity index (χ4n) is 1.67. The molecule has 4 nitrogen and oxygen atoms in total. The molecular weight excluding hydrogens is 176 g/mol. The highest BCUT2D eigenvalue weighted by Crippen LogP contribution is 2.15. The Morgan fingerprint density at radius 1 is 1.14 bits per heavy atom. The molecule has 0 bridgehead atoms. The van der Waals surface area contributed by atoms with E-state index in [1.165, 1.54) is 0 Å². The number of pyridine rings is 2. The van der Waals surface area contributed by atoms with Gasteiger partial charge in [-0.25, -0.2) is 0 Å². The number of aromatic nitrogens is 4. The Morgan fingerprint density at radius 2 is 2.07 bits per heavy atom. The Morgan fingerprint density at radius 3 is 3.00 bits per heavy atom. The third kappa shape index (κ3) is 0.849. The van der Waals surface area contributed by atoms with Crippen molar-refractivity contribution in [2.45, 2.75) is 6.92 Å². The lowest BCUT2D eigenvalue weighted by Crippen LogP contribution is -1.91. The van der Waals surface area contributed by atoms with Gasteiger partial charge in [0, 0.05) is 11.6 Å². The minimum atomic E-state index is 0.864. The zero-order valence-corrected chi connectivity index (χ0v) is 7.68. The SMILES string of the molecule is Cc1nnc2ccc3ccncc3n12. The molecule has 0 saturated heterocycles. The Labute approximate surface area is 80.2 Å². The van der Waals surface area contributed by atoms with Crippen molar-refractivity contribution < 1.29 is 0 Å². The summed E-state index contributed by atoms with van der Waals surface area (Å²) in [5, 5.41) is 9.23. The van der Waals surface area contributed by atoms with Crippen LogP contribution in [0.2, 0.25) is 0 Å². The van der Waals surface area contributed by atoms with Crippen molar-refractivity contribution in [2.24, 2.45) is 0 Å².